The summed E-state index contributed by atoms with van der Waals surface area (Å²) < 4.78 is 22.3. The fourth-order valence-electron chi connectivity index (χ4n) is 2.17. The zero-order valence-corrected chi connectivity index (χ0v) is 12.2. The lowest BCUT2D eigenvalue weighted by molar-refractivity contribution is -0.125. The van der Waals surface area contributed by atoms with Crippen LogP contribution in [0.2, 0.25) is 0 Å². The maximum absolute atomic E-state index is 12.1. The highest BCUT2D eigenvalue weighted by atomic mass is 32.2. The van der Waals surface area contributed by atoms with Crippen LogP contribution in [0.5, 0.6) is 0 Å². The van der Waals surface area contributed by atoms with E-state index in [0.29, 0.717) is 19.4 Å². The van der Waals surface area contributed by atoms with E-state index in [9.17, 15) is 13.2 Å². The molecular formula is C12H17NO3S2. The molecule has 1 heterocycles. The smallest absolute Gasteiger partial charge is 0.241 e. The first-order valence-electron chi connectivity index (χ1n) is 5.88. The van der Waals surface area contributed by atoms with Crippen LogP contribution < -0.4 is 5.32 Å². The Morgan fingerprint density at radius 2 is 2.17 bits per heavy atom. The summed E-state index contributed by atoms with van der Waals surface area (Å²) in [6, 6.07) is 1.99. The molecular weight excluding hydrogens is 270 g/mol. The van der Waals surface area contributed by atoms with E-state index in [1.165, 1.54) is 0 Å². The second-order valence-electron chi connectivity index (χ2n) is 4.83. The summed E-state index contributed by atoms with van der Waals surface area (Å²) >= 11 is 1.57. The van der Waals surface area contributed by atoms with Gasteiger partial charge in [-0.3, -0.25) is 4.79 Å². The zero-order chi connectivity index (χ0) is 13.4. The van der Waals surface area contributed by atoms with Crippen LogP contribution in [0.15, 0.2) is 11.4 Å². The van der Waals surface area contributed by atoms with Gasteiger partial charge in [0.15, 0.2) is 9.84 Å². The maximum Gasteiger partial charge on any atom is 0.241 e. The largest absolute Gasteiger partial charge is 0.350 e. The van der Waals surface area contributed by atoms with Gasteiger partial charge >= 0.3 is 0 Å². The summed E-state index contributed by atoms with van der Waals surface area (Å²) in [5.74, 6) is -0.343. The predicted molar refractivity (Wildman–Crippen MR) is 72.3 cm³/mol. The first kappa shape index (κ1) is 13.5. The maximum atomic E-state index is 12.1. The van der Waals surface area contributed by atoms with Crippen molar-refractivity contribution in [2.24, 2.45) is 0 Å². The van der Waals surface area contributed by atoms with Crippen molar-refractivity contribution >= 4 is 27.1 Å². The second-order valence-corrected chi connectivity index (χ2v) is 8.16. The number of nitrogens with one attached hydrogen (secondary N) is 1. The molecule has 0 spiro atoms. The van der Waals surface area contributed by atoms with Gasteiger partial charge < -0.3 is 5.32 Å². The van der Waals surface area contributed by atoms with Crippen molar-refractivity contribution in [2.45, 2.75) is 37.5 Å². The average molecular weight is 287 g/mol. The Kier molecular flexibility index (Phi) is 3.51. The molecule has 0 radical (unpaired) electrons. The fraction of sp³-hybridized carbons (Fsp3) is 0.583. The first-order valence-corrected chi connectivity index (χ1v) is 8.65. The molecule has 0 aliphatic heterocycles. The van der Waals surface area contributed by atoms with Crippen LogP contribution in [0, 0.1) is 6.92 Å². The van der Waals surface area contributed by atoms with E-state index in [1.807, 2.05) is 18.4 Å². The molecule has 0 saturated heterocycles. The number of aryl methyl sites for hydroxylation is 1. The van der Waals surface area contributed by atoms with Gasteiger partial charge in [0.1, 0.15) is 4.75 Å². The minimum absolute atomic E-state index is 0.343. The number of hydrogen-bond donors (Lipinski definition) is 1. The van der Waals surface area contributed by atoms with Crippen molar-refractivity contribution in [1.82, 2.24) is 5.32 Å². The standard InChI is InChI=1S/C12H17NO3S2/c1-9-4-7-17-10(9)8-13-11(14)12(5-3-6-12)18(2,15)16/h4,7H,3,5-6,8H2,1-2H3,(H,13,14). The van der Waals surface area contributed by atoms with E-state index in [4.69, 9.17) is 0 Å². The number of amides is 1. The van der Waals surface area contributed by atoms with Crippen LogP contribution in [0.25, 0.3) is 0 Å². The van der Waals surface area contributed by atoms with E-state index >= 15 is 0 Å². The third-order valence-corrected chi connectivity index (χ3v) is 6.70. The van der Waals surface area contributed by atoms with Crippen molar-refractivity contribution in [3.05, 3.63) is 21.9 Å². The van der Waals surface area contributed by atoms with Gasteiger partial charge in [-0.1, -0.05) is 0 Å². The van der Waals surface area contributed by atoms with E-state index in [2.05, 4.69) is 5.32 Å². The zero-order valence-electron chi connectivity index (χ0n) is 10.5. The van der Waals surface area contributed by atoms with Crippen molar-refractivity contribution in [2.75, 3.05) is 6.26 Å². The summed E-state index contributed by atoms with van der Waals surface area (Å²) in [6.45, 7) is 2.40. The minimum atomic E-state index is -3.34. The van der Waals surface area contributed by atoms with Crippen LogP contribution in [0.3, 0.4) is 0 Å². The highest BCUT2D eigenvalue weighted by Crippen LogP contribution is 2.39. The number of carbonyl (C=O) groups excluding carboxylic acids is 1. The molecule has 0 aromatic carbocycles. The Morgan fingerprint density at radius 3 is 2.56 bits per heavy atom. The molecule has 1 N–H and O–H groups in total. The number of carbonyl (C=O) groups is 1. The number of rotatable bonds is 4. The van der Waals surface area contributed by atoms with Crippen LogP contribution in [0.1, 0.15) is 29.7 Å². The third-order valence-electron chi connectivity index (χ3n) is 3.66. The topological polar surface area (TPSA) is 63.2 Å². The Balaban J connectivity index is 2.06. The Hall–Kier alpha value is -0.880. The lowest BCUT2D eigenvalue weighted by Crippen LogP contribution is -2.56. The number of thiophene rings is 1. The average Bonchev–Trinajstić information content (AvgIpc) is 2.56. The molecule has 0 atom stereocenters. The molecule has 1 aromatic heterocycles. The van der Waals surface area contributed by atoms with E-state index in [-0.39, 0.29) is 5.91 Å². The molecule has 1 saturated carbocycles. The third kappa shape index (κ3) is 2.19. The molecule has 4 nitrogen and oxygen atoms in total. The monoisotopic (exact) mass is 287 g/mol. The van der Waals surface area contributed by atoms with Gasteiger partial charge in [-0.25, -0.2) is 8.42 Å². The number of hydrogen-bond acceptors (Lipinski definition) is 4. The lowest BCUT2D eigenvalue weighted by Gasteiger charge is -2.38. The van der Waals surface area contributed by atoms with Crippen molar-refractivity contribution in [3.63, 3.8) is 0 Å². The molecule has 2 rings (SSSR count). The van der Waals surface area contributed by atoms with Gasteiger partial charge in [0.2, 0.25) is 5.91 Å². The van der Waals surface area contributed by atoms with Crippen LogP contribution in [-0.2, 0) is 21.2 Å². The van der Waals surface area contributed by atoms with E-state index in [0.717, 1.165) is 23.1 Å². The van der Waals surface area contributed by atoms with Crippen molar-refractivity contribution < 1.29 is 13.2 Å². The summed E-state index contributed by atoms with van der Waals surface area (Å²) in [4.78, 5) is 13.2. The Morgan fingerprint density at radius 1 is 1.50 bits per heavy atom. The Labute approximate surface area is 111 Å². The summed E-state index contributed by atoms with van der Waals surface area (Å²) in [5.41, 5.74) is 1.13. The quantitative estimate of drug-likeness (QED) is 0.915. The van der Waals surface area contributed by atoms with Gasteiger partial charge in [-0.15, -0.1) is 11.3 Å². The predicted octanol–water partition coefficient (Wildman–Crippen LogP) is 1.64. The van der Waals surface area contributed by atoms with E-state index in [1.54, 1.807) is 11.3 Å². The minimum Gasteiger partial charge on any atom is -0.350 e. The van der Waals surface area contributed by atoms with Crippen LogP contribution in [0.4, 0.5) is 0 Å². The fourth-order valence-corrected chi connectivity index (χ4v) is 4.46. The Bertz CT molecular complexity index is 556. The van der Waals surface area contributed by atoms with Gasteiger partial charge in [0.05, 0.1) is 6.54 Å². The second kappa shape index (κ2) is 4.66. The summed E-state index contributed by atoms with van der Waals surface area (Å²) in [7, 11) is -3.34. The van der Waals surface area contributed by atoms with Crippen molar-refractivity contribution in [3.8, 4) is 0 Å². The molecule has 0 unspecified atom stereocenters. The SMILES string of the molecule is Cc1ccsc1CNC(=O)C1(S(C)(=O)=O)CCC1. The highest BCUT2D eigenvalue weighted by Gasteiger charge is 2.52. The molecule has 1 fully saturated rings. The van der Waals surface area contributed by atoms with E-state index < -0.39 is 14.6 Å². The number of sulfone groups is 1. The molecule has 6 heteroatoms. The van der Waals surface area contributed by atoms with Crippen LogP contribution >= 0.6 is 11.3 Å². The van der Waals surface area contributed by atoms with Crippen molar-refractivity contribution in [1.29, 1.82) is 0 Å². The first-order chi connectivity index (χ1) is 8.37. The summed E-state index contributed by atoms with van der Waals surface area (Å²) in [6.07, 6.45) is 2.85. The molecule has 1 aromatic rings. The van der Waals surface area contributed by atoms with Gasteiger partial charge in [-0.2, -0.15) is 0 Å². The molecule has 1 aliphatic carbocycles. The lowest BCUT2D eigenvalue weighted by atomic mass is 9.83. The normalized spacial score (nSPS) is 18.1. The molecule has 1 aliphatic rings. The molecule has 100 valence electrons. The molecule has 18 heavy (non-hydrogen) atoms. The van der Waals surface area contributed by atoms with Gasteiger partial charge in [-0.05, 0) is 43.2 Å². The van der Waals surface area contributed by atoms with Gasteiger partial charge in [0, 0.05) is 11.1 Å². The van der Waals surface area contributed by atoms with Gasteiger partial charge in [0.25, 0.3) is 0 Å². The highest BCUT2D eigenvalue weighted by molar-refractivity contribution is 7.93. The molecule has 0 bridgehead atoms. The summed E-state index contributed by atoms with van der Waals surface area (Å²) in [5, 5.41) is 4.73. The van der Waals surface area contributed by atoms with Crippen LogP contribution in [-0.4, -0.2) is 25.3 Å². The molecule has 1 amide bonds.